The van der Waals surface area contributed by atoms with Crippen molar-refractivity contribution in [2.24, 2.45) is 0 Å². The molecule has 5 nitrogen and oxygen atoms in total. The van der Waals surface area contributed by atoms with Gasteiger partial charge in [-0.3, -0.25) is 10.1 Å². The van der Waals surface area contributed by atoms with E-state index in [1.54, 1.807) is 12.1 Å². The molecule has 0 radical (unpaired) electrons. The first-order valence-electron chi connectivity index (χ1n) is 5.98. The van der Waals surface area contributed by atoms with E-state index in [0.29, 0.717) is 16.8 Å². The predicted molar refractivity (Wildman–Crippen MR) is 72.4 cm³/mol. The SMILES string of the molecule is CNCC1CCCN1c1ccc(Cl)cc1[N+](=O)[O-]. The number of anilines is 1. The van der Waals surface area contributed by atoms with Crippen molar-refractivity contribution in [2.45, 2.75) is 18.9 Å². The van der Waals surface area contributed by atoms with Gasteiger partial charge in [0.15, 0.2) is 0 Å². The molecule has 1 aromatic carbocycles. The summed E-state index contributed by atoms with van der Waals surface area (Å²) in [5.74, 6) is 0. The fourth-order valence-electron chi connectivity index (χ4n) is 2.49. The summed E-state index contributed by atoms with van der Waals surface area (Å²) in [6.45, 7) is 1.69. The number of nitro groups is 1. The van der Waals surface area contributed by atoms with Gasteiger partial charge < -0.3 is 10.2 Å². The molecular weight excluding hydrogens is 254 g/mol. The Hall–Kier alpha value is -1.33. The highest BCUT2D eigenvalue weighted by molar-refractivity contribution is 6.30. The Morgan fingerprint density at radius 1 is 1.61 bits per heavy atom. The van der Waals surface area contributed by atoms with Crippen LogP contribution in [0.3, 0.4) is 0 Å². The van der Waals surface area contributed by atoms with Crippen molar-refractivity contribution in [3.8, 4) is 0 Å². The predicted octanol–water partition coefficient (Wildman–Crippen LogP) is 2.44. The Kier molecular flexibility index (Phi) is 4.04. The van der Waals surface area contributed by atoms with Crippen LogP contribution in [0.1, 0.15) is 12.8 Å². The van der Waals surface area contributed by atoms with Crippen LogP contribution in [0.5, 0.6) is 0 Å². The number of rotatable bonds is 4. The fraction of sp³-hybridized carbons (Fsp3) is 0.500. The molecule has 0 aliphatic carbocycles. The first-order valence-corrected chi connectivity index (χ1v) is 6.36. The van der Waals surface area contributed by atoms with Crippen LogP contribution < -0.4 is 10.2 Å². The van der Waals surface area contributed by atoms with Gasteiger partial charge in [0, 0.05) is 30.2 Å². The van der Waals surface area contributed by atoms with E-state index in [0.717, 1.165) is 25.9 Å². The molecule has 0 saturated carbocycles. The lowest BCUT2D eigenvalue weighted by Crippen LogP contribution is -2.37. The Bertz CT molecular complexity index is 453. The van der Waals surface area contributed by atoms with Gasteiger partial charge in [0.2, 0.25) is 0 Å². The molecule has 1 heterocycles. The summed E-state index contributed by atoms with van der Waals surface area (Å²) >= 11 is 5.83. The smallest absolute Gasteiger partial charge is 0.294 e. The molecular formula is C12H16ClN3O2. The van der Waals surface area contributed by atoms with Crippen molar-refractivity contribution in [2.75, 3.05) is 25.0 Å². The van der Waals surface area contributed by atoms with Crippen molar-refractivity contribution in [1.29, 1.82) is 0 Å². The molecule has 1 aromatic rings. The number of hydrogen-bond acceptors (Lipinski definition) is 4. The lowest BCUT2D eigenvalue weighted by molar-refractivity contribution is -0.384. The van der Waals surface area contributed by atoms with Gasteiger partial charge >= 0.3 is 0 Å². The summed E-state index contributed by atoms with van der Waals surface area (Å²) in [5.41, 5.74) is 0.757. The molecule has 98 valence electrons. The van der Waals surface area contributed by atoms with Gasteiger partial charge in [-0.1, -0.05) is 11.6 Å². The molecule has 1 unspecified atom stereocenters. The molecule has 2 rings (SSSR count). The van der Waals surface area contributed by atoms with Crippen molar-refractivity contribution < 1.29 is 4.92 Å². The Morgan fingerprint density at radius 3 is 3.06 bits per heavy atom. The van der Waals surface area contributed by atoms with Crippen LogP contribution in [0.2, 0.25) is 5.02 Å². The van der Waals surface area contributed by atoms with Gasteiger partial charge in [-0.25, -0.2) is 0 Å². The quantitative estimate of drug-likeness (QED) is 0.674. The summed E-state index contributed by atoms with van der Waals surface area (Å²) in [6.07, 6.45) is 2.12. The number of halogens is 1. The lowest BCUT2D eigenvalue weighted by Gasteiger charge is -2.26. The van der Waals surface area contributed by atoms with Gasteiger partial charge in [0.25, 0.3) is 5.69 Å². The molecule has 1 atom stereocenters. The number of nitrogens with one attached hydrogen (secondary N) is 1. The topological polar surface area (TPSA) is 58.4 Å². The van der Waals surface area contributed by atoms with E-state index in [2.05, 4.69) is 10.2 Å². The van der Waals surface area contributed by atoms with Crippen LogP contribution in [0.15, 0.2) is 18.2 Å². The molecule has 0 bridgehead atoms. The molecule has 1 aliphatic heterocycles. The number of nitrogens with zero attached hydrogens (tertiary/aromatic N) is 2. The van der Waals surface area contributed by atoms with E-state index in [1.165, 1.54) is 6.07 Å². The maximum absolute atomic E-state index is 11.1. The first kappa shape index (κ1) is 13.1. The lowest BCUT2D eigenvalue weighted by atomic mass is 10.2. The van der Waals surface area contributed by atoms with E-state index in [-0.39, 0.29) is 10.6 Å². The third kappa shape index (κ3) is 2.57. The number of hydrogen-bond donors (Lipinski definition) is 1. The van der Waals surface area contributed by atoms with E-state index >= 15 is 0 Å². The Balaban J connectivity index is 2.34. The van der Waals surface area contributed by atoms with E-state index in [4.69, 9.17) is 11.6 Å². The molecule has 18 heavy (non-hydrogen) atoms. The largest absolute Gasteiger partial charge is 0.362 e. The van der Waals surface area contributed by atoms with Gasteiger partial charge in [0.05, 0.1) is 4.92 Å². The summed E-state index contributed by atoms with van der Waals surface area (Å²) in [4.78, 5) is 12.8. The van der Waals surface area contributed by atoms with Crippen molar-refractivity contribution in [3.05, 3.63) is 33.3 Å². The molecule has 1 aliphatic rings. The third-order valence-corrected chi connectivity index (χ3v) is 3.50. The molecule has 1 fully saturated rings. The molecule has 1 saturated heterocycles. The minimum atomic E-state index is -0.365. The number of nitro benzene ring substituents is 1. The van der Waals surface area contributed by atoms with Crippen molar-refractivity contribution >= 4 is 23.0 Å². The zero-order valence-corrected chi connectivity index (χ0v) is 11.0. The monoisotopic (exact) mass is 269 g/mol. The van der Waals surface area contributed by atoms with Crippen LogP contribution >= 0.6 is 11.6 Å². The molecule has 6 heteroatoms. The minimum Gasteiger partial charge on any atom is -0.362 e. The zero-order chi connectivity index (χ0) is 13.1. The first-order chi connectivity index (χ1) is 8.63. The standard InChI is InChI=1S/C12H16ClN3O2/c1-14-8-10-3-2-6-15(10)11-5-4-9(13)7-12(11)16(17)18/h4-5,7,10,14H,2-3,6,8H2,1H3. The molecule has 0 spiro atoms. The Labute approximate surface area is 111 Å². The van der Waals surface area contributed by atoms with Crippen LogP contribution in [-0.2, 0) is 0 Å². The summed E-state index contributed by atoms with van der Waals surface area (Å²) < 4.78 is 0. The number of benzene rings is 1. The second kappa shape index (κ2) is 5.54. The molecule has 0 aromatic heterocycles. The number of likely N-dealkylation sites (N-methyl/N-ethyl adjacent to an activating group) is 1. The van der Waals surface area contributed by atoms with Gasteiger partial charge in [-0.05, 0) is 32.0 Å². The van der Waals surface area contributed by atoms with E-state index < -0.39 is 0 Å². The third-order valence-electron chi connectivity index (χ3n) is 3.26. The molecule has 1 N–H and O–H groups in total. The van der Waals surface area contributed by atoms with Gasteiger partial charge in [-0.2, -0.15) is 0 Å². The van der Waals surface area contributed by atoms with Crippen LogP contribution in [0.4, 0.5) is 11.4 Å². The maximum atomic E-state index is 11.1. The molecule has 0 amide bonds. The normalized spacial score (nSPS) is 19.2. The van der Waals surface area contributed by atoms with Crippen molar-refractivity contribution in [3.63, 3.8) is 0 Å². The van der Waals surface area contributed by atoms with Crippen LogP contribution in [0, 0.1) is 10.1 Å². The summed E-state index contributed by atoms with van der Waals surface area (Å²) in [5, 5.41) is 14.6. The van der Waals surface area contributed by atoms with Crippen molar-refractivity contribution in [1.82, 2.24) is 5.32 Å². The zero-order valence-electron chi connectivity index (χ0n) is 10.2. The maximum Gasteiger partial charge on any atom is 0.294 e. The highest BCUT2D eigenvalue weighted by Gasteiger charge is 2.29. The van der Waals surface area contributed by atoms with Gasteiger partial charge in [-0.15, -0.1) is 0 Å². The Morgan fingerprint density at radius 2 is 2.39 bits per heavy atom. The van der Waals surface area contributed by atoms with E-state index in [1.807, 2.05) is 7.05 Å². The summed E-state index contributed by atoms with van der Waals surface area (Å²) in [7, 11) is 1.90. The highest BCUT2D eigenvalue weighted by atomic mass is 35.5. The van der Waals surface area contributed by atoms with Gasteiger partial charge in [0.1, 0.15) is 5.69 Å². The van der Waals surface area contributed by atoms with Crippen LogP contribution in [-0.4, -0.2) is 31.1 Å². The second-order valence-electron chi connectivity index (χ2n) is 4.44. The van der Waals surface area contributed by atoms with E-state index in [9.17, 15) is 10.1 Å². The fourth-order valence-corrected chi connectivity index (χ4v) is 2.65. The minimum absolute atomic E-state index is 0.0884. The highest BCUT2D eigenvalue weighted by Crippen LogP contribution is 2.35. The average molecular weight is 270 g/mol. The van der Waals surface area contributed by atoms with Crippen LogP contribution in [0.25, 0.3) is 0 Å². The summed E-state index contributed by atoms with van der Waals surface area (Å²) in [6, 6.07) is 5.19. The average Bonchev–Trinajstić information content (AvgIpc) is 2.77. The second-order valence-corrected chi connectivity index (χ2v) is 4.87.